The second-order valence-corrected chi connectivity index (χ2v) is 4.43. The van der Waals surface area contributed by atoms with Crippen molar-refractivity contribution in [3.05, 3.63) is 34.7 Å². The first-order valence-electron chi connectivity index (χ1n) is 6.08. The van der Waals surface area contributed by atoms with Gasteiger partial charge in [0.05, 0.1) is 0 Å². The van der Waals surface area contributed by atoms with Crippen molar-refractivity contribution in [2.45, 2.75) is 6.54 Å². The number of hydrogen-bond donors (Lipinski definition) is 1. The molecule has 0 radical (unpaired) electrons. The number of aromatic nitrogens is 1. The number of pyridine rings is 1. The lowest BCUT2D eigenvalue weighted by Gasteiger charge is -2.32. The van der Waals surface area contributed by atoms with Crippen molar-refractivity contribution in [3.63, 3.8) is 0 Å². The molecule has 0 aliphatic carbocycles. The molecule has 1 aromatic rings. The fraction of sp³-hybridized carbons (Fsp3) is 0.583. The van der Waals surface area contributed by atoms with Crippen LogP contribution in [0.4, 0.5) is 0 Å². The number of nitrogens with one attached hydrogen (secondary N) is 1. The topological polar surface area (TPSA) is 40.5 Å². The molecule has 94 valence electrons. The van der Waals surface area contributed by atoms with Gasteiger partial charge in [0.2, 0.25) is 0 Å². The minimum absolute atomic E-state index is 0.0627. The Morgan fingerprint density at radius 3 is 2.71 bits per heavy atom. The van der Waals surface area contributed by atoms with Crippen molar-refractivity contribution >= 4 is 0 Å². The third kappa shape index (κ3) is 3.66. The minimum Gasteiger partial charge on any atom is -0.314 e. The zero-order valence-electron chi connectivity index (χ0n) is 10.3. The van der Waals surface area contributed by atoms with E-state index in [1.165, 1.54) is 0 Å². The van der Waals surface area contributed by atoms with Gasteiger partial charge in [-0.25, -0.2) is 5.01 Å². The summed E-state index contributed by atoms with van der Waals surface area (Å²) in [7, 11) is 2.14. The molecular formula is C12H20N4O. The van der Waals surface area contributed by atoms with Gasteiger partial charge in [0.15, 0.2) is 0 Å². The number of hydrogen-bond acceptors (Lipinski definition) is 4. The summed E-state index contributed by atoms with van der Waals surface area (Å²) in [6, 6.07) is 5.25. The van der Waals surface area contributed by atoms with Gasteiger partial charge in [-0.2, -0.15) is 0 Å². The summed E-state index contributed by atoms with van der Waals surface area (Å²) >= 11 is 0. The van der Waals surface area contributed by atoms with Crippen molar-refractivity contribution in [3.8, 4) is 0 Å². The first-order chi connectivity index (χ1) is 8.25. The van der Waals surface area contributed by atoms with Crippen LogP contribution in [0.25, 0.3) is 0 Å². The molecule has 1 fully saturated rings. The average Bonchev–Trinajstić information content (AvgIpc) is 2.34. The van der Waals surface area contributed by atoms with Crippen LogP contribution in [0.3, 0.4) is 0 Å². The average molecular weight is 236 g/mol. The summed E-state index contributed by atoms with van der Waals surface area (Å²) in [5.41, 5.74) is 3.43. The molecule has 0 bridgehead atoms. The van der Waals surface area contributed by atoms with E-state index in [1.807, 2.05) is 12.3 Å². The van der Waals surface area contributed by atoms with E-state index >= 15 is 0 Å². The molecular weight excluding hydrogens is 216 g/mol. The molecule has 0 saturated carbocycles. The van der Waals surface area contributed by atoms with Gasteiger partial charge < -0.3 is 9.47 Å². The zero-order chi connectivity index (χ0) is 12.1. The maximum atomic E-state index is 11.5. The fourth-order valence-electron chi connectivity index (χ4n) is 1.94. The molecule has 17 heavy (non-hydrogen) atoms. The predicted octanol–water partition coefficient (Wildman–Crippen LogP) is -0.400. The van der Waals surface area contributed by atoms with Crippen LogP contribution < -0.4 is 11.0 Å². The van der Waals surface area contributed by atoms with E-state index in [0.29, 0.717) is 6.54 Å². The second-order valence-electron chi connectivity index (χ2n) is 4.43. The Balaban J connectivity index is 1.73. The normalized spacial score (nSPS) is 18.4. The maximum absolute atomic E-state index is 11.5. The summed E-state index contributed by atoms with van der Waals surface area (Å²) in [6.07, 6.45) is 1.83. The van der Waals surface area contributed by atoms with Crippen LogP contribution in [-0.2, 0) is 6.54 Å². The van der Waals surface area contributed by atoms with Crippen molar-refractivity contribution in [2.75, 3.05) is 39.8 Å². The maximum Gasteiger partial charge on any atom is 0.250 e. The predicted molar refractivity (Wildman–Crippen MR) is 67.8 cm³/mol. The highest BCUT2D eigenvalue weighted by atomic mass is 16.1. The zero-order valence-corrected chi connectivity index (χ0v) is 10.3. The Hall–Kier alpha value is -1.17. The van der Waals surface area contributed by atoms with E-state index in [1.54, 1.807) is 16.7 Å². The number of rotatable bonds is 4. The van der Waals surface area contributed by atoms with Gasteiger partial charge in [-0.15, -0.1) is 0 Å². The summed E-state index contributed by atoms with van der Waals surface area (Å²) in [5, 5.41) is 2.23. The van der Waals surface area contributed by atoms with Gasteiger partial charge in [-0.3, -0.25) is 10.2 Å². The molecule has 1 saturated heterocycles. The summed E-state index contributed by atoms with van der Waals surface area (Å²) in [4.78, 5) is 13.8. The standard InChI is InChI=1S/C12H20N4O/c1-14-8-10-16(11-9-14)13-5-7-15-6-3-2-4-12(15)17/h2-4,6,13H,5,7-11H2,1H3. The Bertz CT molecular complexity index is 395. The highest BCUT2D eigenvalue weighted by Gasteiger charge is 2.12. The molecule has 0 atom stereocenters. The Morgan fingerprint density at radius 1 is 1.24 bits per heavy atom. The van der Waals surface area contributed by atoms with Gasteiger partial charge in [-0.1, -0.05) is 6.07 Å². The molecule has 5 heteroatoms. The lowest BCUT2D eigenvalue weighted by atomic mass is 10.4. The van der Waals surface area contributed by atoms with E-state index in [4.69, 9.17) is 0 Å². The van der Waals surface area contributed by atoms with Crippen LogP contribution in [-0.4, -0.2) is 54.2 Å². The SMILES string of the molecule is CN1CCN(NCCn2ccccc2=O)CC1. The van der Waals surface area contributed by atoms with Crippen molar-refractivity contribution in [2.24, 2.45) is 0 Å². The smallest absolute Gasteiger partial charge is 0.250 e. The van der Waals surface area contributed by atoms with Crippen LogP contribution in [0, 0.1) is 0 Å². The molecule has 1 aromatic heterocycles. The highest BCUT2D eigenvalue weighted by Crippen LogP contribution is 1.94. The van der Waals surface area contributed by atoms with Gasteiger partial charge >= 0.3 is 0 Å². The van der Waals surface area contributed by atoms with E-state index in [-0.39, 0.29) is 5.56 Å². The van der Waals surface area contributed by atoms with Gasteiger partial charge in [-0.05, 0) is 13.1 Å². The number of nitrogens with zero attached hydrogens (tertiary/aromatic N) is 3. The first kappa shape index (κ1) is 12.3. The number of likely N-dealkylation sites (N-methyl/N-ethyl adjacent to an activating group) is 1. The lowest BCUT2D eigenvalue weighted by Crippen LogP contribution is -2.51. The molecule has 2 rings (SSSR count). The molecule has 0 aromatic carbocycles. The Morgan fingerprint density at radius 2 is 2.00 bits per heavy atom. The third-order valence-electron chi connectivity index (χ3n) is 3.09. The summed E-state index contributed by atoms with van der Waals surface area (Å²) in [6.45, 7) is 5.79. The molecule has 0 unspecified atom stereocenters. The van der Waals surface area contributed by atoms with Crippen LogP contribution in [0.15, 0.2) is 29.2 Å². The third-order valence-corrected chi connectivity index (χ3v) is 3.09. The van der Waals surface area contributed by atoms with Crippen LogP contribution in [0.2, 0.25) is 0 Å². The van der Waals surface area contributed by atoms with Crippen LogP contribution in [0.5, 0.6) is 0 Å². The van der Waals surface area contributed by atoms with E-state index < -0.39 is 0 Å². The lowest BCUT2D eigenvalue weighted by molar-refractivity contribution is 0.103. The van der Waals surface area contributed by atoms with Crippen LogP contribution in [0.1, 0.15) is 0 Å². The Kier molecular flexibility index (Phi) is 4.30. The van der Waals surface area contributed by atoms with Crippen molar-refractivity contribution < 1.29 is 0 Å². The van der Waals surface area contributed by atoms with E-state index in [2.05, 4.69) is 22.4 Å². The number of piperazine rings is 1. The van der Waals surface area contributed by atoms with E-state index in [9.17, 15) is 4.79 Å². The summed E-state index contributed by atoms with van der Waals surface area (Å²) < 4.78 is 1.73. The molecule has 2 heterocycles. The molecule has 1 aliphatic heterocycles. The van der Waals surface area contributed by atoms with Gasteiger partial charge in [0, 0.05) is 51.5 Å². The first-order valence-corrected chi connectivity index (χ1v) is 6.08. The van der Waals surface area contributed by atoms with Crippen LogP contribution >= 0.6 is 0 Å². The largest absolute Gasteiger partial charge is 0.314 e. The quantitative estimate of drug-likeness (QED) is 0.772. The molecule has 1 aliphatic rings. The molecule has 5 nitrogen and oxygen atoms in total. The molecule has 0 spiro atoms. The Labute approximate surface area is 102 Å². The second kappa shape index (κ2) is 5.95. The highest BCUT2D eigenvalue weighted by molar-refractivity contribution is 4.93. The molecule has 1 N–H and O–H groups in total. The van der Waals surface area contributed by atoms with E-state index in [0.717, 1.165) is 32.7 Å². The minimum atomic E-state index is 0.0627. The van der Waals surface area contributed by atoms with Crippen molar-refractivity contribution in [1.82, 2.24) is 19.9 Å². The summed E-state index contributed by atoms with van der Waals surface area (Å²) in [5.74, 6) is 0. The van der Waals surface area contributed by atoms with Gasteiger partial charge in [0.25, 0.3) is 5.56 Å². The van der Waals surface area contributed by atoms with Gasteiger partial charge in [0.1, 0.15) is 0 Å². The number of hydrazine groups is 1. The fourth-order valence-corrected chi connectivity index (χ4v) is 1.94. The monoisotopic (exact) mass is 236 g/mol. The van der Waals surface area contributed by atoms with Crippen molar-refractivity contribution in [1.29, 1.82) is 0 Å². The molecule has 0 amide bonds.